The summed E-state index contributed by atoms with van der Waals surface area (Å²) in [5, 5.41) is 9.97. The maximum absolute atomic E-state index is 11.5. The van der Waals surface area contributed by atoms with Crippen LogP contribution in [0, 0.1) is 0 Å². The first-order valence-electron chi connectivity index (χ1n) is 5.94. The van der Waals surface area contributed by atoms with Crippen LogP contribution < -0.4 is 4.74 Å². The second-order valence-electron chi connectivity index (χ2n) is 4.10. The van der Waals surface area contributed by atoms with Gasteiger partial charge in [-0.1, -0.05) is 18.2 Å². The molecular weight excluding hydrogens is 256 g/mol. The van der Waals surface area contributed by atoms with Gasteiger partial charge < -0.3 is 9.84 Å². The van der Waals surface area contributed by atoms with Crippen molar-refractivity contribution in [3.8, 4) is 11.5 Å². The number of ether oxygens (including phenoxy) is 1. The highest BCUT2D eigenvalue weighted by molar-refractivity contribution is 6.04. The van der Waals surface area contributed by atoms with Gasteiger partial charge in [0.1, 0.15) is 11.3 Å². The van der Waals surface area contributed by atoms with E-state index in [9.17, 15) is 9.90 Å². The summed E-state index contributed by atoms with van der Waals surface area (Å²) in [6.07, 6.45) is 4.57. The van der Waals surface area contributed by atoms with Crippen molar-refractivity contribution in [3.05, 3.63) is 60.6 Å². The van der Waals surface area contributed by atoms with Gasteiger partial charge in [-0.05, 0) is 18.2 Å². The maximum Gasteiger partial charge on any atom is 0.340 e. The molecular formula is C15H10N2O3. The number of hydrogen-bond acceptors (Lipinski definition) is 4. The number of carboxylic acid groups (broad SMARTS) is 1. The predicted octanol–water partition coefficient (Wildman–Crippen LogP) is 3.12. The van der Waals surface area contributed by atoms with E-state index in [0.717, 1.165) is 0 Å². The highest BCUT2D eigenvalue weighted by Gasteiger charge is 2.17. The molecule has 1 aromatic carbocycles. The van der Waals surface area contributed by atoms with Crippen LogP contribution in [0.5, 0.6) is 11.5 Å². The zero-order valence-corrected chi connectivity index (χ0v) is 10.4. The molecule has 98 valence electrons. The number of benzene rings is 1. The van der Waals surface area contributed by atoms with Crippen LogP contribution in [0.3, 0.4) is 0 Å². The Morgan fingerprint density at radius 1 is 1.10 bits per heavy atom. The summed E-state index contributed by atoms with van der Waals surface area (Å²) in [5.74, 6) is -0.324. The van der Waals surface area contributed by atoms with Crippen molar-refractivity contribution in [1.29, 1.82) is 0 Å². The van der Waals surface area contributed by atoms with Crippen LogP contribution in [0.2, 0.25) is 0 Å². The van der Waals surface area contributed by atoms with Crippen molar-refractivity contribution in [1.82, 2.24) is 9.97 Å². The van der Waals surface area contributed by atoms with Crippen LogP contribution in [-0.2, 0) is 0 Å². The molecule has 0 amide bonds. The summed E-state index contributed by atoms with van der Waals surface area (Å²) in [6, 6.07) is 10.4. The zero-order chi connectivity index (χ0) is 13.9. The monoisotopic (exact) mass is 266 g/mol. The van der Waals surface area contributed by atoms with Crippen LogP contribution in [0.15, 0.2) is 55.0 Å². The second kappa shape index (κ2) is 4.97. The number of aromatic carboxylic acids is 1. The Morgan fingerprint density at radius 2 is 1.85 bits per heavy atom. The summed E-state index contributed by atoms with van der Waals surface area (Å²) in [6.45, 7) is 0. The highest BCUT2D eigenvalue weighted by atomic mass is 16.5. The quantitative estimate of drug-likeness (QED) is 0.788. The summed E-state index contributed by atoms with van der Waals surface area (Å²) in [5.41, 5.74) is 0.722. The molecule has 0 atom stereocenters. The first kappa shape index (κ1) is 12.1. The normalized spacial score (nSPS) is 10.4. The molecule has 0 radical (unpaired) electrons. The van der Waals surface area contributed by atoms with Gasteiger partial charge in [0.15, 0.2) is 5.75 Å². The Kier molecular flexibility index (Phi) is 3.01. The predicted molar refractivity (Wildman–Crippen MR) is 73.0 cm³/mol. The fourth-order valence-corrected chi connectivity index (χ4v) is 1.95. The molecule has 3 aromatic rings. The van der Waals surface area contributed by atoms with E-state index < -0.39 is 5.97 Å². The summed E-state index contributed by atoms with van der Waals surface area (Å²) in [7, 11) is 0. The largest absolute Gasteiger partial charge is 0.478 e. The van der Waals surface area contributed by atoms with Gasteiger partial charge in [-0.25, -0.2) is 4.79 Å². The molecule has 3 rings (SSSR count). The van der Waals surface area contributed by atoms with E-state index in [-0.39, 0.29) is 11.3 Å². The van der Waals surface area contributed by atoms with E-state index in [1.54, 1.807) is 42.7 Å². The summed E-state index contributed by atoms with van der Waals surface area (Å²) in [4.78, 5) is 19.6. The molecule has 0 saturated carbocycles. The maximum atomic E-state index is 11.5. The van der Waals surface area contributed by atoms with Gasteiger partial charge in [-0.2, -0.15) is 0 Å². The van der Waals surface area contributed by atoms with Gasteiger partial charge in [0.05, 0.1) is 11.7 Å². The van der Waals surface area contributed by atoms with E-state index in [4.69, 9.17) is 4.74 Å². The topological polar surface area (TPSA) is 72.3 Å². The molecule has 2 aromatic heterocycles. The SMILES string of the molecule is O=C(O)c1c(Oc2ccncc2)cnc2ccccc12. The van der Waals surface area contributed by atoms with E-state index in [1.165, 1.54) is 6.20 Å². The minimum atomic E-state index is -1.05. The van der Waals surface area contributed by atoms with Gasteiger partial charge in [-0.15, -0.1) is 0 Å². The van der Waals surface area contributed by atoms with E-state index >= 15 is 0 Å². The van der Waals surface area contributed by atoms with Crippen molar-refractivity contribution in [2.75, 3.05) is 0 Å². The molecule has 0 spiro atoms. The molecule has 0 fully saturated rings. The van der Waals surface area contributed by atoms with Gasteiger partial charge in [0, 0.05) is 17.8 Å². The lowest BCUT2D eigenvalue weighted by Crippen LogP contribution is -2.02. The van der Waals surface area contributed by atoms with Crippen molar-refractivity contribution >= 4 is 16.9 Å². The molecule has 0 aliphatic heterocycles. The van der Waals surface area contributed by atoms with Crippen LogP contribution >= 0.6 is 0 Å². The molecule has 5 heteroatoms. The molecule has 0 bridgehead atoms. The van der Waals surface area contributed by atoms with Crippen molar-refractivity contribution in [2.45, 2.75) is 0 Å². The van der Waals surface area contributed by atoms with E-state index in [1.807, 2.05) is 6.07 Å². The van der Waals surface area contributed by atoms with Crippen LogP contribution in [0.1, 0.15) is 10.4 Å². The first-order chi connectivity index (χ1) is 9.75. The lowest BCUT2D eigenvalue weighted by atomic mass is 10.1. The lowest BCUT2D eigenvalue weighted by Gasteiger charge is -2.10. The molecule has 0 unspecified atom stereocenters. The minimum Gasteiger partial charge on any atom is -0.478 e. The Bertz CT molecular complexity index is 772. The zero-order valence-electron chi connectivity index (χ0n) is 10.4. The van der Waals surface area contributed by atoms with Crippen molar-refractivity contribution in [3.63, 3.8) is 0 Å². The fraction of sp³-hybridized carbons (Fsp3) is 0. The third kappa shape index (κ3) is 2.16. The fourth-order valence-electron chi connectivity index (χ4n) is 1.95. The van der Waals surface area contributed by atoms with Crippen LogP contribution in [-0.4, -0.2) is 21.0 Å². The molecule has 5 nitrogen and oxygen atoms in total. The molecule has 1 N–H and O–H groups in total. The van der Waals surface area contributed by atoms with Crippen molar-refractivity contribution in [2.24, 2.45) is 0 Å². The standard InChI is InChI=1S/C15H10N2O3/c18-15(19)14-11-3-1-2-4-12(11)17-9-13(14)20-10-5-7-16-8-6-10/h1-9H,(H,18,19). The molecule has 0 saturated heterocycles. The number of para-hydroxylation sites is 1. The summed E-state index contributed by atoms with van der Waals surface area (Å²) >= 11 is 0. The number of nitrogens with zero attached hydrogens (tertiary/aromatic N) is 2. The van der Waals surface area contributed by atoms with Gasteiger partial charge in [0.25, 0.3) is 0 Å². The van der Waals surface area contributed by atoms with E-state index in [0.29, 0.717) is 16.7 Å². The molecule has 2 heterocycles. The molecule has 0 aliphatic rings. The van der Waals surface area contributed by atoms with Gasteiger partial charge in [0.2, 0.25) is 0 Å². The number of rotatable bonds is 3. The van der Waals surface area contributed by atoms with E-state index in [2.05, 4.69) is 9.97 Å². The average molecular weight is 266 g/mol. The van der Waals surface area contributed by atoms with Crippen LogP contribution in [0.25, 0.3) is 10.9 Å². The summed E-state index contributed by atoms with van der Waals surface area (Å²) < 4.78 is 5.60. The third-order valence-electron chi connectivity index (χ3n) is 2.83. The highest BCUT2D eigenvalue weighted by Crippen LogP contribution is 2.29. The first-order valence-corrected chi connectivity index (χ1v) is 5.94. The number of pyridine rings is 2. The average Bonchev–Trinajstić information content (AvgIpc) is 2.47. The Hall–Kier alpha value is -2.95. The Balaban J connectivity index is 2.15. The van der Waals surface area contributed by atoms with Gasteiger partial charge in [-0.3, -0.25) is 9.97 Å². The Labute approximate surface area is 114 Å². The van der Waals surface area contributed by atoms with Crippen LogP contribution in [0.4, 0.5) is 0 Å². The number of fused-ring (bicyclic) bond motifs is 1. The number of hydrogen-bond donors (Lipinski definition) is 1. The smallest absolute Gasteiger partial charge is 0.340 e. The molecule has 0 aliphatic carbocycles. The second-order valence-corrected chi connectivity index (χ2v) is 4.10. The lowest BCUT2D eigenvalue weighted by molar-refractivity contribution is 0.0696. The number of carbonyl (C=O) groups is 1. The number of aromatic nitrogens is 2. The van der Waals surface area contributed by atoms with Crippen molar-refractivity contribution < 1.29 is 14.6 Å². The number of carboxylic acids is 1. The minimum absolute atomic E-state index is 0.104. The third-order valence-corrected chi connectivity index (χ3v) is 2.83. The van der Waals surface area contributed by atoms with Gasteiger partial charge >= 0.3 is 5.97 Å². The molecule has 20 heavy (non-hydrogen) atoms. The Morgan fingerprint density at radius 3 is 2.60 bits per heavy atom.